The van der Waals surface area contributed by atoms with Gasteiger partial charge in [-0.2, -0.15) is 0 Å². The Morgan fingerprint density at radius 1 is 0.967 bits per heavy atom. The van der Waals surface area contributed by atoms with Crippen LogP contribution in [-0.2, 0) is 27.4 Å². The SMILES string of the molecule is CCCCOc1ccc2c(c1)cc(C(=O)OCC)n2CC(=O)OCc1ccccc1. The number of carbonyl (C=O) groups is 2. The summed E-state index contributed by atoms with van der Waals surface area (Å²) in [7, 11) is 0. The Hall–Kier alpha value is -3.28. The van der Waals surface area contributed by atoms with Gasteiger partial charge in [-0.3, -0.25) is 4.79 Å². The van der Waals surface area contributed by atoms with Crippen molar-refractivity contribution < 1.29 is 23.8 Å². The topological polar surface area (TPSA) is 66.8 Å². The quantitative estimate of drug-likeness (QED) is 0.357. The average Bonchev–Trinajstić information content (AvgIpc) is 3.11. The van der Waals surface area contributed by atoms with Crippen molar-refractivity contribution in [2.24, 2.45) is 0 Å². The first-order valence-electron chi connectivity index (χ1n) is 10.2. The van der Waals surface area contributed by atoms with E-state index in [4.69, 9.17) is 14.2 Å². The highest BCUT2D eigenvalue weighted by molar-refractivity contribution is 5.96. The molecule has 0 fully saturated rings. The van der Waals surface area contributed by atoms with Crippen LogP contribution in [0.4, 0.5) is 0 Å². The van der Waals surface area contributed by atoms with Gasteiger partial charge in [-0.05, 0) is 43.2 Å². The van der Waals surface area contributed by atoms with Crippen molar-refractivity contribution in [2.75, 3.05) is 13.2 Å². The van der Waals surface area contributed by atoms with E-state index < -0.39 is 11.9 Å². The molecular weight excluding hydrogens is 382 g/mol. The first-order chi connectivity index (χ1) is 14.6. The van der Waals surface area contributed by atoms with Gasteiger partial charge in [0.15, 0.2) is 0 Å². The Kier molecular flexibility index (Phi) is 7.49. The van der Waals surface area contributed by atoms with E-state index >= 15 is 0 Å². The lowest BCUT2D eigenvalue weighted by molar-refractivity contribution is -0.145. The van der Waals surface area contributed by atoms with Gasteiger partial charge in [0.25, 0.3) is 0 Å². The molecule has 0 aliphatic rings. The van der Waals surface area contributed by atoms with Crippen LogP contribution in [0.25, 0.3) is 10.9 Å². The van der Waals surface area contributed by atoms with E-state index in [0.717, 1.165) is 35.1 Å². The average molecular weight is 409 g/mol. The maximum atomic E-state index is 12.5. The Morgan fingerprint density at radius 2 is 1.77 bits per heavy atom. The molecule has 0 N–H and O–H groups in total. The largest absolute Gasteiger partial charge is 0.494 e. The van der Waals surface area contributed by atoms with E-state index in [9.17, 15) is 9.59 Å². The van der Waals surface area contributed by atoms with Gasteiger partial charge in [-0.25, -0.2) is 4.79 Å². The van der Waals surface area contributed by atoms with Crippen LogP contribution in [0, 0.1) is 0 Å². The Labute approximate surface area is 176 Å². The van der Waals surface area contributed by atoms with Crippen molar-refractivity contribution in [3.8, 4) is 5.75 Å². The number of hydrogen-bond donors (Lipinski definition) is 0. The second kappa shape index (κ2) is 10.5. The van der Waals surface area contributed by atoms with Crippen LogP contribution in [0.3, 0.4) is 0 Å². The van der Waals surface area contributed by atoms with Gasteiger partial charge >= 0.3 is 11.9 Å². The van der Waals surface area contributed by atoms with E-state index in [1.165, 1.54) is 0 Å². The van der Waals surface area contributed by atoms with Crippen molar-refractivity contribution >= 4 is 22.8 Å². The molecule has 6 heteroatoms. The number of rotatable bonds is 10. The summed E-state index contributed by atoms with van der Waals surface area (Å²) in [6.45, 7) is 4.85. The van der Waals surface area contributed by atoms with Gasteiger partial charge in [0.05, 0.1) is 13.2 Å². The standard InChI is InChI=1S/C24H27NO5/c1-3-5-13-29-20-11-12-21-19(14-20)15-22(24(27)28-4-2)25(21)16-23(26)30-17-18-9-7-6-8-10-18/h6-12,14-15H,3-5,13,16-17H2,1-2H3. The summed E-state index contributed by atoms with van der Waals surface area (Å²) in [6.07, 6.45) is 2.02. The fourth-order valence-electron chi connectivity index (χ4n) is 3.13. The van der Waals surface area contributed by atoms with E-state index in [1.807, 2.05) is 48.5 Å². The number of ether oxygens (including phenoxy) is 3. The number of nitrogens with zero attached hydrogens (tertiary/aromatic N) is 1. The zero-order valence-electron chi connectivity index (χ0n) is 17.4. The number of hydrogen-bond acceptors (Lipinski definition) is 5. The van der Waals surface area contributed by atoms with Crippen LogP contribution < -0.4 is 4.74 Å². The number of unbranched alkanes of at least 4 members (excludes halogenated alkanes) is 1. The van der Waals surface area contributed by atoms with E-state index in [0.29, 0.717) is 12.3 Å². The van der Waals surface area contributed by atoms with Crippen molar-refractivity contribution in [1.29, 1.82) is 0 Å². The molecule has 3 rings (SSSR count). The van der Waals surface area contributed by atoms with Crippen molar-refractivity contribution in [3.05, 3.63) is 65.9 Å². The lowest BCUT2D eigenvalue weighted by atomic mass is 10.2. The van der Waals surface area contributed by atoms with Crippen molar-refractivity contribution in [2.45, 2.75) is 39.8 Å². The molecule has 1 aromatic heterocycles. The summed E-state index contributed by atoms with van der Waals surface area (Å²) < 4.78 is 18.0. The minimum atomic E-state index is -0.474. The molecule has 6 nitrogen and oxygen atoms in total. The summed E-state index contributed by atoms with van der Waals surface area (Å²) >= 11 is 0. The first-order valence-corrected chi connectivity index (χ1v) is 10.2. The Bertz CT molecular complexity index is 994. The maximum Gasteiger partial charge on any atom is 0.354 e. The van der Waals surface area contributed by atoms with E-state index in [-0.39, 0.29) is 19.8 Å². The molecule has 0 unspecified atom stereocenters. The monoisotopic (exact) mass is 409 g/mol. The molecule has 0 saturated heterocycles. The minimum absolute atomic E-state index is 0.0828. The van der Waals surface area contributed by atoms with Gasteiger partial charge < -0.3 is 18.8 Å². The van der Waals surface area contributed by atoms with Gasteiger partial charge in [0.1, 0.15) is 24.6 Å². The Balaban J connectivity index is 1.81. The molecule has 0 aliphatic heterocycles. The lowest BCUT2D eigenvalue weighted by Gasteiger charge is -2.11. The van der Waals surface area contributed by atoms with Crippen LogP contribution >= 0.6 is 0 Å². The molecule has 3 aromatic rings. The summed E-state index contributed by atoms with van der Waals surface area (Å²) in [6, 6.07) is 16.8. The number of benzene rings is 2. The van der Waals surface area contributed by atoms with Crippen LogP contribution in [0.15, 0.2) is 54.6 Å². The second-order valence-corrected chi connectivity index (χ2v) is 6.91. The van der Waals surface area contributed by atoms with Crippen LogP contribution in [-0.4, -0.2) is 29.7 Å². The summed E-state index contributed by atoms with van der Waals surface area (Å²) in [5, 5.41) is 0.808. The maximum absolute atomic E-state index is 12.5. The molecule has 0 bridgehead atoms. The van der Waals surface area contributed by atoms with Crippen LogP contribution in [0.2, 0.25) is 0 Å². The molecule has 2 aromatic carbocycles. The number of aromatic nitrogens is 1. The third-order valence-corrected chi connectivity index (χ3v) is 4.65. The highest BCUT2D eigenvalue weighted by Gasteiger charge is 2.19. The molecule has 0 spiro atoms. The van der Waals surface area contributed by atoms with Crippen molar-refractivity contribution in [3.63, 3.8) is 0 Å². The molecule has 0 saturated carbocycles. The van der Waals surface area contributed by atoms with E-state index in [2.05, 4.69) is 6.92 Å². The third-order valence-electron chi connectivity index (χ3n) is 4.65. The summed E-state index contributed by atoms with van der Waals surface area (Å²) in [5.74, 6) is -0.168. The van der Waals surface area contributed by atoms with Crippen molar-refractivity contribution in [1.82, 2.24) is 4.57 Å². The zero-order valence-corrected chi connectivity index (χ0v) is 17.4. The highest BCUT2D eigenvalue weighted by Crippen LogP contribution is 2.26. The first kappa shape index (κ1) is 21.4. The van der Waals surface area contributed by atoms with Gasteiger partial charge in [-0.15, -0.1) is 0 Å². The zero-order chi connectivity index (χ0) is 21.3. The predicted octanol–water partition coefficient (Wildman–Crippen LogP) is 4.74. The Morgan fingerprint density at radius 3 is 2.50 bits per heavy atom. The lowest BCUT2D eigenvalue weighted by Crippen LogP contribution is -2.18. The molecule has 0 atom stereocenters. The molecule has 0 aliphatic carbocycles. The molecule has 0 radical (unpaired) electrons. The van der Waals surface area contributed by atoms with Gasteiger partial charge in [0, 0.05) is 10.9 Å². The molecule has 158 valence electrons. The summed E-state index contributed by atoms with van der Waals surface area (Å²) in [5.41, 5.74) is 1.97. The smallest absolute Gasteiger partial charge is 0.354 e. The number of esters is 2. The molecular formula is C24H27NO5. The highest BCUT2D eigenvalue weighted by atomic mass is 16.5. The predicted molar refractivity (Wildman–Crippen MR) is 115 cm³/mol. The minimum Gasteiger partial charge on any atom is -0.494 e. The second-order valence-electron chi connectivity index (χ2n) is 6.91. The number of fused-ring (bicyclic) bond motifs is 1. The molecule has 30 heavy (non-hydrogen) atoms. The van der Waals surface area contributed by atoms with E-state index in [1.54, 1.807) is 17.6 Å². The van der Waals surface area contributed by atoms with Gasteiger partial charge in [0.2, 0.25) is 0 Å². The van der Waals surface area contributed by atoms with Gasteiger partial charge in [-0.1, -0.05) is 43.7 Å². The molecule has 0 amide bonds. The summed E-state index contributed by atoms with van der Waals surface area (Å²) in [4.78, 5) is 24.9. The normalized spacial score (nSPS) is 10.7. The third kappa shape index (κ3) is 5.41. The molecule has 1 heterocycles. The number of carbonyl (C=O) groups excluding carboxylic acids is 2. The van der Waals surface area contributed by atoms with Crippen LogP contribution in [0.5, 0.6) is 5.75 Å². The fraction of sp³-hybridized carbons (Fsp3) is 0.333. The van der Waals surface area contributed by atoms with Crippen LogP contribution in [0.1, 0.15) is 42.7 Å². The fourth-order valence-corrected chi connectivity index (χ4v) is 3.13.